The van der Waals surface area contributed by atoms with Crippen LogP contribution in [0.5, 0.6) is 11.5 Å². The Hall–Kier alpha value is -3.63. The van der Waals surface area contributed by atoms with E-state index >= 15 is 0 Å². The Kier molecular flexibility index (Phi) is 12.9. The predicted octanol–water partition coefficient (Wildman–Crippen LogP) is -2.07. The van der Waals surface area contributed by atoms with Gasteiger partial charge in [-0.15, -0.1) is 0 Å². The zero-order valence-corrected chi connectivity index (χ0v) is 28.5. The normalized spacial score (nSPS) is 17.1. The van der Waals surface area contributed by atoms with Crippen molar-refractivity contribution in [3.8, 4) is 11.5 Å². The minimum atomic E-state index is -1.91. The fourth-order valence-electron chi connectivity index (χ4n) is 5.17. The minimum Gasteiger partial charge on any atom is -1.00 e. The van der Waals surface area contributed by atoms with E-state index in [0.29, 0.717) is 37.3 Å². The third-order valence-corrected chi connectivity index (χ3v) is 7.73. The summed E-state index contributed by atoms with van der Waals surface area (Å²) < 4.78 is 16.1. The molecule has 0 spiro atoms. The number of aliphatic hydroxyl groups is 1. The molecule has 1 fully saturated rings. The number of nitrogens with one attached hydrogen (secondary N) is 2. The van der Waals surface area contributed by atoms with Crippen LogP contribution in [0.4, 0.5) is 16.3 Å². The van der Waals surface area contributed by atoms with Gasteiger partial charge >= 0.3 is 6.09 Å². The van der Waals surface area contributed by atoms with Crippen molar-refractivity contribution in [2.45, 2.75) is 41.7 Å². The summed E-state index contributed by atoms with van der Waals surface area (Å²) in [4.78, 5) is 54.4. The van der Waals surface area contributed by atoms with Gasteiger partial charge < -0.3 is 51.8 Å². The van der Waals surface area contributed by atoms with E-state index in [1.165, 1.54) is 28.7 Å². The fourth-order valence-corrected chi connectivity index (χ4v) is 5.33. The van der Waals surface area contributed by atoms with Gasteiger partial charge in [-0.05, 0) is 31.0 Å². The lowest BCUT2D eigenvalue weighted by Gasteiger charge is -2.32. The van der Waals surface area contributed by atoms with E-state index in [-0.39, 0.29) is 66.5 Å². The average molecular weight is 739 g/mol. The number of aliphatic hydroxyl groups excluding tert-OH is 1. The lowest BCUT2D eigenvalue weighted by molar-refractivity contribution is -0.118. The zero-order chi connectivity index (χ0) is 33.8. The number of nitrogens with zero attached hydrogens (tertiary/aromatic N) is 3. The molecule has 2 aliphatic rings. The Morgan fingerprint density at radius 3 is 2.55 bits per heavy atom. The summed E-state index contributed by atoms with van der Waals surface area (Å²) in [5.74, 6) is -0.388. The molecule has 1 aromatic carbocycles. The van der Waals surface area contributed by atoms with Gasteiger partial charge in [0.2, 0.25) is 15.5 Å². The van der Waals surface area contributed by atoms with Crippen LogP contribution in [0.25, 0.3) is 0 Å². The first kappa shape index (κ1) is 37.8. The van der Waals surface area contributed by atoms with Gasteiger partial charge in [-0.3, -0.25) is 25.5 Å². The van der Waals surface area contributed by atoms with Crippen molar-refractivity contribution in [1.82, 2.24) is 14.8 Å². The van der Waals surface area contributed by atoms with E-state index in [4.69, 9.17) is 60.2 Å². The van der Waals surface area contributed by atoms with E-state index in [9.17, 15) is 24.3 Å². The van der Waals surface area contributed by atoms with E-state index in [1.54, 1.807) is 19.2 Å². The molecule has 258 valence electrons. The van der Waals surface area contributed by atoms with Crippen LogP contribution in [0.15, 0.2) is 24.3 Å². The van der Waals surface area contributed by atoms with Crippen molar-refractivity contribution < 1.29 is 56.3 Å². The van der Waals surface area contributed by atoms with Crippen molar-refractivity contribution in [3.05, 3.63) is 35.5 Å². The summed E-state index contributed by atoms with van der Waals surface area (Å²) in [6.07, 6.45) is -1.25. The molecule has 0 radical (unpaired) electrons. The SMILES string of the molecule is COc1cc2c(cc1OCCC(=O)Nc1ccc(C(=O)NCCC(N)=[NH2+])n1C)N(C(=O)OCC(Cl)(Cl)Cl)[C@@H](O)[C@@H]1CCCN1C2=O.[Cl-]. The topological polar surface area (TPSA) is 203 Å². The maximum atomic E-state index is 13.5. The van der Waals surface area contributed by atoms with Gasteiger partial charge in [-0.25, -0.2) is 9.69 Å². The smallest absolute Gasteiger partial charge is 0.416 e. The number of alkyl halides is 3. The number of amides is 4. The van der Waals surface area contributed by atoms with Gasteiger partial charge in [0.1, 0.15) is 18.1 Å². The van der Waals surface area contributed by atoms with Gasteiger partial charge in [0.15, 0.2) is 17.7 Å². The van der Waals surface area contributed by atoms with Gasteiger partial charge in [0.05, 0.1) is 43.9 Å². The van der Waals surface area contributed by atoms with Gasteiger partial charge in [-0.1, -0.05) is 34.8 Å². The number of anilines is 2. The van der Waals surface area contributed by atoms with Crippen molar-refractivity contribution >= 4 is 76.0 Å². The molecule has 1 saturated heterocycles. The second-order valence-corrected chi connectivity index (χ2v) is 13.1. The number of ether oxygens (including phenoxy) is 3. The van der Waals surface area contributed by atoms with Crippen LogP contribution in [0, 0.1) is 0 Å². The van der Waals surface area contributed by atoms with Gasteiger partial charge in [-0.2, -0.15) is 0 Å². The van der Waals surface area contributed by atoms with E-state index in [0.717, 1.165) is 4.90 Å². The molecule has 0 aliphatic carbocycles. The first-order chi connectivity index (χ1) is 21.7. The molecule has 7 N–H and O–H groups in total. The summed E-state index contributed by atoms with van der Waals surface area (Å²) in [6.45, 7) is -0.111. The summed E-state index contributed by atoms with van der Waals surface area (Å²) in [7, 11) is 2.99. The van der Waals surface area contributed by atoms with Crippen LogP contribution in [0.3, 0.4) is 0 Å². The van der Waals surface area contributed by atoms with E-state index in [2.05, 4.69) is 10.6 Å². The third kappa shape index (κ3) is 9.05. The van der Waals surface area contributed by atoms with Gasteiger partial charge in [0.25, 0.3) is 11.8 Å². The first-order valence-electron chi connectivity index (χ1n) is 14.2. The molecular weight excluding hydrogens is 704 g/mol. The molecule has 1 aromatic heterocycles. The van der Waals surface area contributed by atoms with Crippen LogP contribution in [-0.4, -0.2) is 93.7 Å². The molecule has 4 amide bonds. The summed E-state index contributed by atoms with van der Waals surface area (Å²) >= 11 is 17.3. The largest absolute Gasteiger partial charge is 1.00 e. The summed E-state index contributed by atoms with van der Waals surface area (Å²) in [6, 6.07) is 5.18. The highest BCUT2D eigenvalue weighted by atomic mass is 35.6. The fraction of sp³-hybridized carbons (Fsp3) is 0.464. The Labute approximate surface area is 291 Å². The number of aromatic nitrogens is 1. The van der Waals surface area contributed by atoms with Crippen molar-refractivity contribution in [2.75, 3.05) is 43.6 Å². The third-order valence-electron chi connectivity index (χ3n) is 7.40. The second kappa shape index (κ2) is 16.0. The lowest BCUT2D eigenvalue weighted by atomic mass is 10.1. The molecule has 0 unspecified atom stereocenters. The monoisotopic (exact) mass is 737 g/mol. The number of methoxy groups -OCH3 is 1. The molecular formula is C28H35Cl4N7O8. The highest BCUT2D eigenvalue weighted by Gasteiger charge is 2.45. The highest BCUT2D eigenvalue weighted by Crippen LogP contribution is 2.41. The number of hydrogen-bond acceptors (Lipinski definition) is 8. The van der Waals surface area contributed by atoms with Crippen LogP contribution in [0.2, 0.25) is 0 Å². The predicted molar refractivity (Wildman–Crippen MR) is 169 cm³/mol. The van der Waals surface area contributed by atoms with Crippen LogP contribution >= 0.6 is 34.8 Å². The highest BCUT2D eigenvalue weighted by molar-refractivity contribution is 6.67. The Morgan fingerprint density at radius 2 is 1.89 bits per heavy atom. The Morgan fingerprint density at radius 1 is 1.17 bits per heavy atom. The Balaban J connectivity index is 0.00000600. The molecule has 0 bridgehead atoms. The number of amidine groups is 1. The molecule has 4 rings (SSSR count). The number of fused-ring (bicyclic) bond motifs is 2. The number of nitrogens with two attached hydrogens (primary N) is 2. The van der Waals surface area contributed by atoms with E-state index < -0.39 is 40.6 Å². The number of hydrogen-bond donors (Lipinski definition) is 5. The average Bonchev–Trinajstić information content (AvgIpc) is 3.60. The maximum absolute atomic E-state index is 13.5. The standard InChI is InChI=1S/C28H34Cl3N7O8.ClH/c1-36-16(24(40)34-9-7-21(32)33)5-6-22(36)35-23(39)8-11-45-20-13-18-15(12-19(20)44-2)25(41)37-10-3-4-17(37)26(42)38(18)27(43)46-14-28(29,30)31;/h5-6,12-13,17,26,42H,3-4,7-11,14H2,1-2H3,(H3,32,33)(H,34,40)(H,35,39);1H/t17-,26-;/m0./s1. The Bertz CT molecular complexity index is 1520. The van der Waals surface area contributed by atoms with Crippen LogP contribution in [0.1, 0.15) is 46.5 Å². The summed E-state index contributed by atoms with van der Waals surface area (Å²) in [5.41, 5.74) is 5.78. The molecule has 0 saturated carbocycles. The number of carbonyl (C=O) groups is 4. The number of carbonyl (C=O) groups excluding carboxylic acids is 4. The molecule has 3 heterocycles. The van der Waals surface area contributed by atoms with Crippen molar-refractivity contribution in [2.24, 2.45) is 12.8 Å². The number of rotatable bonds is 11. The number of halogens is 4. The quantitative estimate of drug-likeness (QED) is 0.0976. The van der Waals surface area contributed by atoms with Crippen molar-refractivity contribution in [3.63, 3.8) is 0 Å². The molecule has 19 heteroatoms. The van der Waals surface area contributed by atoms with Crippen LogP contribution in [-0.2, 0) is 16.6 Å². The molecule has 15 nitrogen and oxygen atoms in total. The van der Waals surface area contributed by atoms with Gasteiger partial charge in [0, 0.05) is 26.2 Å². The minimum absolute atomic E-state index is 0. The number of benzene rings is 1. The molecule has 2 atom stereocenters. The second-order valence-electron chi connectivity index (χ2n) is 10.6. The van der Waals surface area contributed by atoms with E-state index in [1.807, 2.05) is 0 Å². The summed E-state index contributed by atoms with van der Waals surface area (Å²) in [5, 5.41) is 22.1. The first-order valence-corrected chi connectivity index (χ1v) is 15.3. The lowest BCUT2D eigenvalue weighted by Crippen LogP contribution is -3.00. The van der Waals surface area contributed by atoms with Crippen LogP contribution < -0.4 is 48.6 Å². The molecule has 2 aromatic rings. The zero-order valence-electron chi connectivity index (χ0n) is 25.4. The maximum Gasteiger partial charge on any atom is 0.416 e. The molecule has 2 aliphatic heterocycles. The van der Waals surface area contributed by atoms with Crippen molar-refractivity contribution in [1.29, 1.82) is 0 Å². The molecule has 47 heavy (non-hydrogen) atoms.